The molecule has 0 aliphatic carbocycles. The highest BCUT2D eigenvalue weighted by molar-refractivity contribution is 6.44. The summed E-state index contributed by atoms with van der Waals surface area (Å²) in [5.74, 6) is 0.521. The molecule has 0 saturated heterocycles. The fourth-order valence-corrected chi connectivity index (χ4v) is 3.30. The predicted octanol–water partition coefficient (Wildman–Crippen LogP) is 1.88. The minimum atomic E-state index is -0.481. The Bertz CT molecular complexity index is 343. The minimum Gasteiger partial charge on any atom is -0.500 e. The maximum atomic E-state index is 5.32. The number of hydrogen-bond donors (Lipinski definition) is 0. The first-order valence-corrected chi connectivity index (χ1v) is 7.41. The fraction of sp³-hybridized carbons (Fsp3) is 0.385. The van der Waals surface area contributed by atoms with Gasteiger partial charge in [-0.25, -0.2) is 0 Å². The molecular weight excluding hydrogens is 232 g/mol. The van der Waals surface area contributed by atoms with E-state index in [1.807, 2.05) is 6.07 Å². The Morgan fingerprint density at radius 3 is 2.18 bits per heavy atom. The van der Waals surface area contributed by atoms with E-state index in [2.05, 4.69) is 24.3 Å². The van der Waals surface area contributed by atoms with Crippen molar-refractivity contribution in [2.45, 2.75) is 12.5 Å². The molecule has 0 spiro atoms. The molecule has 0 aromatic heterocycles. The van der Waals surface area contributed by atoms with Gasteiger partial charge in [0.25, 0.3) is 0 Å². The van der Waals surface area contributed by atoms with Gasteiger partial charge in [-0.1, -0.05) is 36.4 Å². The molecule has 0 fully saturated rings. The lowest BCUT2D eigenvalue weighted by Gasteiger charge is -2.11. The van der Waals surface area contributed by atoms with Gasteiger partial charge in [-0.05, 0) is 12.0 Å². The van der Waals surface area contributed by atoms with Crippen molar-refractivity contribution >= 4 is 9.52 Å². The van der Waals surface area contributed by atoms with E-state index in [0.717, 1.165) is 17.8 Å². The van der Waals surface area contributed by atoms with Crippen LogP contribution in [0.25, 0.3) is 0 Å². The lowest BCUT2D eigenvalue weighted by atomic mass is 10.2. The first-order chi connectivity index (χ1) is 8.31. The number of aryl methyl sites for hydroxylation is 1. The summed E-state index contributed by atoms with van der Waals surface area (Å²) in [4.78, 5) is 0. The Morgan fingerprint density at radius 2 is 1.65 bits per heavy atom. The average molecular weight is 252 g/mol. The standard InChI is InChI=1S/C13H20O3Si/c1-14-12(15-2)13(16-3)17-10-9-11-7-5-4-6-8-11/h4-8H,9-10,17H2,1-3H3. The van der Waals surface area contributed by atoms with Gasteiger partial charge in [0.2, 0.25) is 0 Å². The monoisotopic (exact) mass is 252 g/mol. The fourth-order valence-electron chi connectivity index (χ4n) is 1.70. The topological polar surface area (TPSA) is 27.7 Å². The molecular formula is C13H20O3Si. The van der Waals surface area contributed by atoms with Crippen molar-refractivity contribution in [1.29, 1.82) is 0 Å². The van der Waals surface area contributed by atoms with Crippen molar-refractivity contribution in [3.8, 4) is 0 Å². The van der Waals surface area contributed by atoms with Gasteiger partial charge in [0.1, 0.15) is 14.9 Å². The lowest BCUT2D eigenvalue weighted by Crippen LogP contribution is -2.07. The second-order valence-corrected chi connectivity index (χ2v) is 5.51. The molecule has 1 aromatic carbocycles. The van der Waals surface area contributed by atoms with E-state index in [4.69, 9.17) is 14.2 Å². The van der Waals surface area contributed by atoms with Gasteiger partial charge in [0.15, 0.2) is 0 Å². The Hall–Kier alpha value is -1.42. The largest absolute Gasteiger partial charge is 0.500 e. The molecule has 17 heavy (non-hydrogen) atoms. The van der Waals surface area contributed by atoms with Crippen LogP contribution in [0.3, 0.4) is 0 Å². The van der Waals surface area contributed by atoms with E-state index in [9.17, 15) is 0 Å². The van der Waals surface area contributed by atoms with E-state index < -0.39 is 9.52 Å². The van der Waals surface area contributed by atoms with E-state index in [1.54, 1.807) is 21.3 Å². The van der Waals surface area contributed by atoms with Gasteiger partial charge in [-0.15, -0.1) is 0 Å². The first kappa shape index (κ1) is 13.6. The molecule has 4 heteroatoms. The molecule has 94 valence electrons. The zero-order chi connectivity index (χ0) is 12.5. The third-order valence-electron chi connectivity index (χ3n) is 2.56. The van der Waals surface area contributed by atoms with Gasteiger partial charge in [0.05, 0.1) is 21.3 Å². The van der Waals surface area contributed by atoms with Crippen molar-refractivity contribution in [2.24, 2.45) is 0 Å². The van der Waals surface area contributed by atoms with Crippen LogP contribution in [0.1, 0.15) is 5.56 Å². The van der Waals surface area contributed by atoms with Crippen molar-refractivity contribution < 1.29 is 14.2 Å². The molecule has 0 N–H and O–H groups in total. The van der Waals surface area contributed by atoms with Crippen LogP contribution in [0, 0.1) is 0 Å². The Balaban J connectivity index is 2.46. The van der Waals surface area contributed by atoms with Gasteiger partial charge >= 0.3 is 5.95 Å². The van der Waals surface area contributed by atoms with Crippen LogP contribution in [0.5, 0.6) is 0 Å². The molecule has 1 aromatic rings. The molecule has 0 radical (unpaired) electrons. The van der Waals surface area contributed by atoms with Crippen LogP contribution in [0.15, 0.2) is 41.7 Å². The summed E-state index contributed by atoms with van der Waals surface area (Å²) in [5, 5.41) is 0.894. The third-order valence-corrected chi connectivity index (χ3v) is 4.30. The molecule has 0 atom stereocenters. The second-order valence-electron chi connectivity index (χ2n) is 3.66. The summed E-state index contributed by atoms with van der Waals surface area (Å²) in [7, 11) is 4.39. The van der Waals surface area contributed by atoms with Crippen LogP contribution in [0.4, 0.5) is 0 Å². The first-order valence-electron chi connectivity index (χ1n) is 5.70. The van der Waals surface area contributed by atoms with Gasteiger partial charge in [-0.2, -0.15) is 0 Å². The molecule has 0 unspecified atom stereocenters. The highest BCUT2D eigenvalue weighted by atomic mass is 28.2. The van der Waals surface area contributed by atoms with Gasteiger partial charge in [-0.3, -0.25) is 0 Å². The van der Waals surface area contributed by atoms with Crippen LogP contribution in [-0.2, 0) is 20.6 Å². The molecule has 0 amide bonds. The van der Waals surface area contributed by atoms with E-state index in [1.165, 1.54) is 5.56 Å². The summed E-state index contributed by atoms with van der Waals surface area (Å²) in [6.07, 6.45) is 1.08. The Labute approximate surface area is 105 Å². The third kappa shape index (κ3) is 4.52. The number of benzene rings is 1. The Kier molecular flexibility index (Phi) is 6.25. The van der Waals surface area contributed by atoms with Crippen molar-refractivity contribution in [3.63, 3.8) is 0 Å². The van der Waals surface area contributed by atoms with Crippen molar-refractivity contribution in [1.82, 2.24) is 0 Å². The SMILES string of the molecule is COC(OC)=C(OC)[SiH2]CCc1ccccc1. The van der Waals surface area contributed by atoms with Crippen LogP contribution < -0.4 is 0 Å². The van der Waals surface area contributed by atoms with Crippen molar-refractivity contribution in [2.75, 3.05) is 21.3 Å². The minimum absolute atomic E-state index is 0.481. The van der Waals surface area contributed by atoms with Crippen LogP contribution in [-0.4, -0.2) is 30.8 Å². The maximum absolute atomic E-state index is 5.32. The molecule has 0 heterocycles. The summed E-state index contributed by atoms with van der Waals surface area (Å²) < 4.78 is 15.6. The summed E-state index contributed by atoms with van der Waals surface area (Å²) >= 11 is 0. The predicted molar refractivity (Wildman–Crippen MR) is 71.6 cm³/mol. The number of ether oxygens (including phenoxy) is 3. The maximum Gasteiger partial charge on any atom is 0.312 e. The summed E-state index contributed by atoms with van der Waals surface area (Å²) in [6.45, 7) is 0. The van der Waals surface area contributed by atoms with Crippen molar-refractivity contribution in [3.05, 3.63) is 47.2 Å². The van der Waals surface area contributed by atoms with Crippen LogP contribution >= 0.6 is 0 Å². The zero-order valence-electron chi connectivity index (χ0n) is 10.7. The smallest absolute Gasteiger partial charge is 0.312 e. The van der Waals surface area contributed by atoms with Crippen LogP contribution in [0.2, 0.25) is 6.04 Å². The van der Waals surface area contributed by atoms with E-state index >= 15 is 0 Å². The molecule has 1 rings (SSSR count). The quantitative estimate of drug-likeness (QED) is 0.548. The number of methoxy groups -OCH3 is 3. The second kappa shape index (κ2) is 7.79. The van der Waals surface area contributed by atoms with E-state index in [-0.39, 0.29) is 0 Å². The average Bonchev–Trinajstić information content (AvgIpc) is 2.39. The molecule has 0 aliphatic rings. The number of rotatable bonds is 7. The lowest BCUT2D eigenvalue weighted by molar-refractivity contribution is 0.0754. The molecule has 3 nitrogen and oxygen atoms in total. The normalized spacial score (nSPS) is 10.3. The zero-order valence-corrected chi connectivity index (χ0v) is 12.1. The molecule has 0 saturated carbocycles. The highest BCUT2D eigenvalue weighted by Gasteiger charge is 2.08. The van der Waals surface area contributed by atoms with Gasteiger partial charge in [0, 0.05) is 0 Å². The highest BCUT2D eigenvalue weighted by Crippen LogP contribution is 2.10. The summed E-state index contributed by atoms with van der Waals surface area (Å²) in [6, 6.07) is 11.6. The Morgan fingerprint density at radius 1 is 1.00 bits per heavy atom. The number of hydrogen-bond acceptors (Lipinski definition) is 3. The molecule has 0 aliphatic heterocycles. The van der Waals surface area contributed by atoms with E-state index in [0.29, 0.717) is 5.95 Å². The summed E-state index contributed by atoms with van der Waals surface area (Å²) in [5.41, 5.74) is 1.37. The molecule has 0 bridgehead atoms. The van der Waals surface area contributed by atoms with Gasteiger partial charge < -0.3 is 14.2 Å².